The van der Waals surface area contributed by atoms with Gasteiger partial charge in [0.1, 0.15) is 45.3 Å². The van der Waals surface area contributed by atoms with Crippen LogP contribution >= 0.6 is 0 Å². The molecule has 0 fully saturated rings. The first kappa shape index (κ1) is 66.4. The third kappa shape index (κ3) is 22.4. The molecule has 84 heavy (non-hydrogen) atoms. The largest absolute Gasteiger partial charge is 0.426 e. The van der Waals surface area contributed by atoms with Gasteiger partial charge in [-0.25, -0.2) is 19.2 Å². The van der Waals surface area contributed by atoms with Crippen LogP contribution in [0.1, 0.15) is 178 Å². The molecule has 448 valence electrons. The Morgan fingerprint density at radius 2 is 0.500 bits per heavy atom. The maximum Gasteiger partial charge on any atom is 0.336 e. The average molecular weight is 1150 g/mol. The van der Waals surface area contributed by atoms with Crippen molar-refractivity contribution in [2.75, 3.05) is 0 Å². The molecule has 8 rings (SSSR count). The average Bonchev–Trinajstić information content (AvgIpc) is 2.92. The van der Waals surface area contributed by atoms with Crippen molar-refractivity contribution in [2.24, 2.45) is 0 Å². The lowest BCUT2D eigenvalue weighted by atomic mass is 10.1. The van der Waals surface area contributed by atoms with Crippen LogP contribution in [0.3, 0.4) is 0 Å². The Kier molecular flexibility index (Phi) is 27.6. The second-order valence-corrected chi connectivity index (χ2v) is 20.8. The van der Waals surface area contributed by atoms with Gasteiger partial charge in [0.25, 0.3) is 0 Å². The molecule has 0 atom stereocenters. The molecule has 0 aliphatic rings. The second kappa shape index (κ2) is 34.9. The van der Waals surface area contributed by atoms with E-state index in [1.54, 1.807) is 72.8 Å². The smallest absolute Gasteiger partial charge is 0.336 e. The number of rotatable bonds is 24. The van der Waals surface area contributed by atoms with Crippen LogP contribution in [0.15, 0.2) is 134 Å². The first-order valence-corrected chi connectivity index (χ1v) is 29.4. The van der Waals surface area contributed by atoms with Gasteiger partial charge in [0.15, 0.2) is 0 Å². The summed E-state index contributed by atoms with van der Waals surface area (Å²) in [6, 6.07) is 26.2. The number of aryl methyl sites for hydroxylation is 4. The molecule has 0 unspecified atom stereocenters. The number of unbranched alkanes of at least 4 members (excludes halogenated alkanes) is 12. The van der Waals surface area contributed by atoms with E-state index in [1.165, 1.54) is 24.3 Å². The van der Waals surface area contributed by atoms with Gasteiger partial charge < -0.3 is 36.6 Å². The molecule has 16 nitrogen and oxygen atoms in total. The molecular weight excluding hydrogens is 1070 g/mol. The molecule has 4 aromatic heterocycles. The molecule has 0 bridgehead atoms. The van der Waals surface area contributed by atoms with Gasteiger partial charge >= 0.3 is 46.4 Å². The van der Waals surface area contributed by atoms with Gasteiger partial charge in [-0.1, -0.05) is 105 Å². The molecule has 0 amide bonds. The van der Waals surface area contributed by atoms with Crippen molar-refractivity contribution in [2.45, 2.75) is 184 Å². The predicted molar refractivity (Wildman–Crippen MR) is 326 cm³/mol. The van der Waals surface area contributed by atoms with Gasteiger partial charge in [-0.15, -0.1) is 0 Å². The molecular formula is C68H80O16. The van der Waals surface area contributed by atoms with Crippen molar-refractivity contribution >= 4 is 67.8 Å². The molecule has 0 radical (unpaired) electrons. The van der Waals surface area contributed by atoms with Gasteiger partial charge in [-0.05, 0) is 124 Å². The predicted octanol–water partition coefficient (Wildman–Crippen LogP) is 15.9. The molecule has 0 saturated carbocycles. The van der Waals surface area contributed by atoms with Gasteiger partial charge in [-0.3, -0.25) is 19.2 Å². The van der Waals surface area contributed by atoms with Crippen molar-refractivity contribution in [3.63, 3.8) is 0 Å². The number of ether oxygens (including phenoxy) is 4. The second-order valence-electron chi connectivity index (χ2n) is 20.8. The molecule has 0 N–H and O–H groups in total. The van der Waals surface area contributed by atoms with E-state index in [-0.39, 0.29) is 23.9 Å². The van der Waals surface area contributed by atoms with E-state index in [4.69, 9.17) is 36.6 Å². The number of esters is 4. The van der Waals surface area contributed by atoms with E-state index in [9.17, 15) is 38.4 Å². The SMILES string of the molecule is CCCCCCC(=O)Oc1ccc2c(C)cc(=O)oc2c1.CCCCCCC(=O)Oc1ccc2c(C)cc(=O)oc2c1.CCCCCCC(=O)Oc1ccc2c(C)cc(=O)oc2c1.CCCCCCC(=O)Oc1ccc2c(C)cc(=O)oc2c1. The summed E-state index contributed by atoms with van der Waals surface area (Å²) in [5, 5.41) is 3.38. The summed E-state index contributed by atoms with van der Waals surface area (Å²) in [5.74, 6) is 0.656. The zero-order chi connectivity index (χ0) is 61.0. The van der Waals surface area contributed by atoms with Gasteiger partial charge in [-0.2, -0.15) is 0 Å². The first-order valence-electron chi connectivity index (χ1n) is 29.4. The summed E-state index contributed by atoms with van der Waals surface area (Å²) < 4.78 is 41.6. The van der Waals surface area contributed by atoms with Gasteiger partial charge in [0.05, 0.1) is 0 Å². The minimum atomic E-state index is -0.400. The van der Waals surface area contributed by atoms with E-state index in [1.807, 2.05) is 27.7 Å². The topological polar surface area (TPSA) is 226 Å². The fourth-order valence-electron chi connectivity index (χ4n) is 8.99. The van der Waals surface area contributed by atoms with Crippen molar-refractivity contribution in [1.29, 1.82) is 0 Å². The van der Waals surface area contributed by atoms with Crippen molar-refractivity contribution in [3.8, 4) is 23.0 Å². The number of fused-ring (bicyclic) bond motifs is 4. The Bertz CT molecular complexity index is 3220. The Morgan fingerprint density at radius 3 is 0.690 bits per heavy atom. The highest BCUT2D eigenvalue weighted by molar-refractivity contribution is 5.85. The fraction of sp³-hybridized carbons (Fsp3) is 0.412. The van der Waals surface area contributed by atoms with Crippen LogP contribution in [0.25, 0.3) is 43.9 Å². The monoisotopic (exact) mass is 1150 g/mol. The fourth-order valence-corrected chi connectivity index (χ4v) is 8.99. The zero-order valence-corrected chi connectivity index (χ0v) is 49.9. The Labute approximate surface area is 489 Å². The lowest BCUT2D eigenvalue weighted by Crippen LogP contribution is -2.07. The Balaban J connectivity index is 0.000000205. The number of carbonyl (C=O) groups excluding carboxylic acids is 4. The summed E-state index contributed by atoms with van der Waals surface area (Å²) in [6.45, 7) is 15.9. The highest BCUT2D eigenvalue weighted by Gasteiger charge is 2.13. The normalized spacial score (nSPS) is 10.8. The molecule has 8 aromatic rings. The standard InChI is InChI=1S/4C17H20O4/c4*1-3-4-5-6-7-16(18)20-13-8-9-14-12(2)10-17(19)21-15(14)11-13/h4*8-11H,3-7H2,1-2H3. The highest BCUT2D eigenvalue weighted by atomic mass is 16.5. The van der Waals surface area contributed by atoms with Crippen LogP contribution in [0.2, 0.25) is 0 Å². The van der Waals surface area contributed by atoms with E-state index in [0.717, 1.165) is 147 Å². The summed E-state index contributed by atoms with van der Waals surface area (Å²) in [7, 11) is 0. The maximum atomic E-state index is 11.7. The van der Waals surface area contributed by atoms with Crippen LogP contribution in [-0.4, -0.2) is 23.9 Å². The van der Waals surface area contributed by atoms with E-state index >= 15 is 0 Å². The summed E-state index contributed by atoms with van der Waals surface area (Å²) in [6.07, 6.45) is 18.3. The third-order valence-corrected chi connectivity index (χ3v) is 13.6. The van der Waals surface area contributed by atoms with Crippen LogP contribution in [0.5, 0.6) is 23.0 Å². The quantitative estimate of drug-likeness (QED) is 0.0237. The molecule has 0 aliphatic heterocycles. The minimum absolute atomic E-state index is 0.250. The Hall–Kier alpha value is -8.40. The van der Waals surface area contributed by atoms with E-state index in [2.05, 4.69) is 27.7 Å². The first-order chi connectivity index (χ1) is 40.4. The molecule has 4 aromatic carbocycles. The van der Waals surface area contributed by atoms with Crippen LogP contribution in [-0.2, 0) is 19.2 Å². The highest BCUT2D eigenvalue weighted by Crippen LogP contribution is 2.27. The lowest BCUT2D eigenvalue weighted by Gasteiger charge is -2.06. The van der Waals surface area contributed by atoms with Crippen LogP contribution in [0.4, 0.5) is 0 Å². The van der Waals surface area contributed by atoms with Crippen molar-refractivity contribution in [3.05, 3.63) is 161 Å². The molecule has 4 heterocycles. The van der Waals surface area contributed by atoms with Gasteiger partial charge in [0.2, 0.25) is 0 Å². The molecule has 0 saturated heterocycles. The maximum absolute atomic E-state index is 11.7. The minimum Gasteiger partial charge on any atom is -0.426 e. The van der Waals surface area contributed by atoms with Crippen molar-refractivity contribution < 1.29 is 55.8 Å². The number of benzene rings is 4. The third-order valence-electron chi connectivity index (χ3n) is 13.6. The summed E-state index contributed by atoms with van der Waals surface area (Å²) in [4.78, 5) is 92.4. The van der Waals surface area contributed by atoms with Crippen LogP contribution in [0, 0.1) is 27.7 Å². The van der Waals surface area contributed by atoms with Crippen LogP contribution < -0.4 is 41.4 Å². The van der Waals surface area contributed by atoms with E-state index < -0.39 is 22.5 Å². The number of hydrogen-bond donors (Lipinski definition) is 0. The lowest BCUT2D eigenvalue weighted by molar-refractivity contribution is -0.135. The number of hydrogen-bond acceptors (Lipinski definition) is 16. The van der Waals surface area contributed by atoms with Crippen molar-refractivity contribution in [1.82, 2.24) is 0 Å². The molecule has 0 spiro atoms. The summed E-state index contributed by atoms with van der Waals surface area (Å²) in [5.41, 5.74) is 3.55. The molecule has 16 heteroatoms. The van der Waals surface area contributed by atoms with Gasteiger partial charge in [0, 0.05) is 95.8 Å². The molecule has 0 aliphatic carbocycles. The number of carbonyl (C=O) groups is 4. The Morgan fingerprint density at radius 1 is 0.298 bits per heavy atom. The summed E-state index contributed by atoms with van der Waals surface area (Å²) >= 11 is 0. The zero-order valence-electron chi connectivity index (χ0n) is 49.9. The van der Waals surface area contributed by atoms with E-state index in [0.29, 0.717) is 71.0 Å².